The van der Waals surface area contributed by atoms with Crippen LogP contribution in [-0.2, 0) is 6.42 Å². The molecule has 1 unspecified atom stereocenters. The summed E-state index contributed by atoms with van der Waals surface area (Å²) in [6.07, 6.45) is 2.08. The molecule has 0 saturated carbocycles. The average Bonchev–Trinajstić information content (AvgIpc) is 2.86. The van der Waals surface area contributed by atoms with Crippen LogP contribution in [0.3, 0.4) is 0 Å². The van der Waals surface area contributed by atoms with Crippen LogP contribution in [-0.4, -0.2) is 28.2 Å². The molecule has 0 aliphatic rings. The van der Waals surface area contributed by atoms with Crippen LogP contribution >= 0.6 is 0 Å². The van der Waals surface area contributed by atoms with Gasteiger partial charge in [0.1, 0.15) is 0 Å². The van der Waals surface area contributed by atoms with Crippen molar-refractivity contribution in [3.8, 4) is 11.7 Å². The SMILES string of the molecule is CNC(C)Cc1noc(-c2ocnc2C)n1. The van der Waals surface area contributed by atoms with Crippen LogP contribution in [0.25, 0.3) is 11.7 Å². The second kappa shape index (κ2) is 4.44. The van der Waals surface area contributed by atoms with Gasteiger partial charge in [-0.15, -0.1) is 0 Å². The van der Waals surface area contributed by atoms with E-state index in [4.69, 9.17) is 8.94 Å². The van der Waals surface area contributed by atoms with Gasteiger partial charge in [0.25, 0.3) is 5.89 Å². The fourth-order valence-electron chi connectivity index (χ4n) is 1.31. The molecule has 2 rings (SSSR count). The third-order valence-corrected chi connectivity index (χ3v) is 2.39. The predicted octanol–water partition coefficient (Wildman–Crippen LogP) is 1.18. The Kier molecular flexibility index (Phi) is 3.00. The van der Waals surface area contributed by atoms with Crippen LogP contribution in [0.2, 0.25) is 0 Å². The van der Waals surface area contributed by atoms with Crippen molar-refractivity contribution in [3.05, 3.63) is 17.9 Å². The Morgan fingerprint density at radius 1 is 1.50 bits per heavy atom. The van der Waals surface area contributed by atoms with Crippen molar-refractivity contribution in [3.63, 3.8) is 0 Å². The van der Waals surface area contributed by atoms with Crippen LogP contribution in [0.5, 0.6) is 0 Å². The Balaban J connectivity index is 2.17. The third-order valence-electron chi connectivity index (χ3n) is 2.39. The zero-order chi connectivity index (χ0) is 11.5. The molecule has 0 radical (unpaired) electrons. The molecule has 1 N–H and O–H groups in total. The minimum absolute atomic E-state index is 0.307. The maximum Gasteiger partial charge on any atom is 0.295 e. The van der Waals surface area contributed by atoms with E-state index < -0.39 is 0 Å². The van der Waals surface area contributed by atoms with Crippen molar-refractivity contribution >= 4 is 0 Å². The van der Waals surface area contributed by atoms with Crippen molar-refractivity contribution in [2.24, 2.45) is 0 Å². The van der Waals surface area contributed by atoms with Crippen molar-refractivity contribution in [2.75, 3.05) is 7.05 Å². The molecule has 6 heteroatoms. The van der Waals surface area contributed by atoms with E-state index in [1.54, 1.807) is 0 Å². The number of hydrogen-bond donors (Lipinski definition) is 1. The topological polar surface area (TPSA) is 77.0 Å². The Hall–Kier alpha value is -1.69. The molecule has 2 aromatic heterocycles. The van der Waals surface area contributed by atoms with E-state index in [-0.39, 0.29) is 0 Å². The normalized spacial score (nSPS) is 12.9. The van der Waals surface area contributed by atoms with Crippen LogP contribution in [0.1, 0.15) is 18.4 Å². The zero-order valence-corrected chi connectivity index (χ0v) is 9.52. The number of aryl methyl sites for hydroxylation is 1. The Morgan fingerprint density at radius 2 is 2.31 bits per heavy atom. The lowest BCUT2D eigenvalue weighted by atomic mass is 10.2. The van der Waals surface area contributed by atoms with Gasteiger partial charge in [0.2, 0.25) is 5.76 Å². The van der Waals surface area contributed by atoms with E-state index in [2.05, 4.69) is 27.4 Å². The highest BCUT2D eigenvalue weighted by Gasteiger charge is 2.16. The molecular formula is C10H14N4O2. The number of nitrogens with one attached hydrogen (secondary N) is 1. The highest BCUT2D eigenvalue weighted by atomic mass is 16.5. The van der Waals surface area contributed by atoms with Gasteiger partial charge in [0.15, 0.2) is 12.2 Å². The summed E-state index contributed by atoms with van der Waals surface area (Å²) in [5.74, 6) is 1.58. The van der Waals surface area contributed by atoms with Gasteiger partial charge in [0.05, 0.1) is 5.69 Å². The van der Waals surface area contributed by atoms with Crippen molar-refractivity contribution in [1.29, 1.82) is 0 Å². The summed E-state index contributed by atoms with van der Waals surface area (Å²) >= 11 is 0. The summed E-state index contributed by atoms with van der Waals surface area (Å²) < 4.78 is 10.3. The second-order valence-electron chi connectivity index (χ2n) is 3.68. The van der Waals surface area contributed by atoms with Gasteiger partial charge in [-0.3, -0.25) is 0 Å². The van der Waals surface area contributed by atoms with Crippen molar-refractivity contribution in [1.82, 2.24) is 20.4 Å². The predicted molar refractivity (Wildman–Crippen MR) is 56.8 cm³/mol. The van der Waals surface area contributed by atoms with Crippen LogP contribution in [0.4, 0.5) is 0 Å². The summed E-state index contributed by atoms with van der Waals surface area (Å²) in [4.78, 5) is 8.22. The van der Waals surface area contributed by atoms with Crippen molar-refractivity contribution < 1.29 is 8.94 Å². The quantitative estimate of drug-likeness (QED) is 0.837. The van der Waals surface area contributed by atoms with Gasteiger partial charge in [-0.2, -0.15) is 4.98 Å². The summed E-state index contributed by atoms with van der Waals surface area (Å²) in [5.41, 5.74) is 0.747. The molecule has 16 heavy (non-hydrogen) atoms. The van der Waals surface area contributed by atoms with Gasteiger partial charge in [-0.1, -0.05) is 5.16 Å². The number of aromatic nitrogens is 3. The van der Waals surface area contributed by atoms with E-state index in [1.807, 2.05) is 14.0 Å². The zero-order valence-electron chi connectivity index (χ0n) is 9.52. The molecular weight excluding hydrogens is 208 g/mol. The fourth-order valence-corrected chi connectivity index (χ4v) is 1.31. The summed E-state index contributed by atoms with van der Waals surface area (Å²) in [7, 11) is 1.90. The number of oxazole rings is 1. The number of nitrogens with zero attached hydrogens (tertiary/aromatic N) is 3. The van der Waals surface area contributed by atoms with Crippen LogP contribution in [0.15, 0.2) is 15.3 Å². The summed E-state index contributed by atoms with van der Waals surface area (Å²) in [6.45, 7) is 3.88. The first-order valence-electron chi connectivity index (χ1n) is 5.11. The molecule has 1 atom stereocenters. The minimum atomic E-state index is 0.307. The minimum Gasteiger partial charge on any atom is -0.438 e. The second-order valence-corrected chi connectivity index (χ2v) is 3.68. The fraction of sp³-hybridized carbons (Fsp3) is 0.500. The number of rotatable bonds is 4. The smallest absolute Gasteiger partial charge is 0.295 e. The van der Waals surface area contributed by atoms with Gasteiger partial charge < -0.3 is 14.3 Å². The van der Waals surface area contributed by atoms with E-state index in [9.17, 15) is 0 Å². The lowest BCUT2D eigenvalue weighted by Gasteiger charge is -2.04. The monoisotopic (exact) mass is 222 g/mol. The molecule has 0 saturated heterocycles. The maximum absolute atomic E-state index is 5.17. The third kappa shape index (κ3) is 2.11. The molecule has 0 aliphatic heterocycles. The number of hydrogen-bond acceptors (Lipinski definition) is 6. The maximum atomic E-state index is 5.17. The van der Waals surface area contributed by atoms with E-state index in [1.165, 1.54) is 6.39 Å². The lowest BCUT2D eigenvalue weighted by Crippen LogP contribution is -2.24. The molecule has 0 aromatic carbocycles. The Morgan fingerprint density at radius 3 is 2.94 bits per heavy atom. The highest BCUT2D eigenvalue weighted by Crippen LogP contribution is 2.20. The van der Waals surface area contributed by atoms with Gasteiger partial charge in [0, 0.05) is 12.5 Å². The molecule has 2 heterocycles. The first-order valence-corrected chi connectivity index (χ1v) is 5.11. The van der Waals surface area contributed by atoms with Crippen molar-refractivity contribution in [2.45, 2.75) is 26.3 Å². The molecule has 86 valence electrons. The largest absolute Gasteiger partial charge is 0.438 e. The molecule has 0 aliphatic carbocycles. The standard InChI is InChI=1S/C10H14N4O2/c1-6(11-3)4-8-13-10(16-14-8)9-7(2)12-5-15-9/h5-6,11H,4H2,1-3H3. The highest BCUT2D eigenvalue weighted by molar-refractivity contribution is 5.46. The average molecular weight is 222 g/mol. The molecule has 0 bridgehead atoms. The Labute approximate surface area is 93.1 Å². The Bertz CT molecular complexity index is 463. The van der Waals surface area contributed by atoms with Gasteiger partial charge >= 0.3 is 0 Å². The first-order chi connectivity index (χ1) is 7.70. The molecule has 6 nitrogen and oxygen atoms in total. The van der Waals surface area contributed by atoms with Crippen LogP contribution < -0.4 is 5.32 Å². The van der Waals surface area contributed by atoms with E-state index >= 15 is 0 Å². The van der Waals surface area contributed by atoms with E-state index in [0.29, 0.717) is 29.9 Å². The van der Waals surface area contributed by atoms with E-state index in [0.717, 1.165) is 5.69 Å². The molecule has 0 fully saturated rings. The lowest BCUT2D eigenvalue weighted by molar-refractivity contribution is 0.405. The van der Waals surface area contributed by atoms with Gasteiger partial charge in [-0.25, -0.2) is 4.98 Å². The first kappa shape index (κ1) is 10.8. The van der Waals surface area contributed by atoms with Crippen LogP contribution in [0, 0.1) is 6.92 Å². The summed E-state index contributed by atoms with van der Waals surface area (Å²) in [5, 5.41) is 7.00. The van der Waals surface area contributed by atoms with Gasteiger partial charge in [-0.05, 0) is 20.9 Å². The molecule has 0 amide bonds. The summed E-state index contributed by atoms with van der Waals surface area (Å²) in [6, 6.07) is 0.307. The molecule has 0 spiro atoms. The molecule has 2 aromatic rings. The number of likely N-dealkylation sites (N-methyl/N-ethyl adjacent to an activating group) is 1.